The van der Waals surface area contributed by atoms with Gasteiger partial charge in [-0.2, -0.15) is 19.9 Å². The number of rotatable bonds is 1. The van der Waals surface area contributed by atoms with Gasteiger partial charge in [0.2, 0.25) is 5.96 Å². The lowest BCUT2D eigenvalue weighted by molar-refractivity contribution is -0.118. The topological polar surface area (TPSA) is 252 Å². The summed E-state index contributed by atoms with van der Waals surface area (Å²) >= 11 is 0. The number of hydrogen-bond donors (Lipinski definition) is 4. The van der Waals surface area contributed by atoms with E-state index in [1.807, 2.05) is 10.3 Å². The summed E-state index contributed by atoms with van der Waals surface area (Å²) in [5, 5.41) is 1.89. The Bertz CT molecular complexity index is 1710. The molecule has 4 N–H and O–H groups in total. The lowest BCUT2D eigenvalue weighted by Gasteiger charge is -2.19. The molecule has 4 aliphatic rings. The van der Waals surface area contributed by atoms with E-state index < -0.39 is 41.1 Å². The maximum absolute atomic E-state index is 12.9. The zero-order valence-corrected chi connectivity index (χ0v) is 15.5. The van der Waals surface area contributed by atoms with Gasteiger partial charge < -0.3 is 4.98 Å². The van der Waals surface area contributed by atoms with Crippen molar-refractivity contribution in [1.82, 2.24) is 30.2 Å². The van der Waals surface area contributed by atoms with Crippen LogP contribution >= 0.6 is 0 Å². The van der Waals surface area contributed by atoms with Crippen molar-refractivity contribution in [2.75, 3.05) is 0 Å². The number of amides is 6. The van der Waals surface area contributed by atoms with Gasteiger partial charge in [-0.15, -0.1) is 0 Å². The van der Waals surface area contributed by atoms with Crippen molar-refractivity contribution in [1.29, 1.82) is 0 Å². The molecule has 2 aromatic heterocycles. The molecule has 33 heavy (non-hydrogen) atoms. The van der Waals surface area contributed by atoms with Crippen molar-refractivity contribution in [2.45, 2.75) is 0 Å². The molecule has 0 bridgehead atoms. The number of nitrogens with one attached hydrogen (secondary N) is 4. The molecule has 0 spiro atoms. The Kier molecular flexibility index (Phi) is 3.31. The Balaban J connectivity index is 1.39. The number of H-pyrrole nitrogens is 3. The lowest BCUT2D eigenvalue weighted by atomic mass is 10.2. The van der Waals surface area contributed by atoms with Crippen LogP contribution in [0.2, 0.25) is 0 Å². The number of imide groups is 2. The molecule has 160 valence electrons. The van der Waals surface area contributed by atoms with Crippen molar-refractivity contribution in [3.8, 4) is 0 Å². The van der Waals surface area contributed by atoms with E-state index in [-0.39, 0.29) is 45.9 Å². The number of hydrogen-bond acceptors (Lipinski definition) is 11. The Morgan fingerprint density at radius 2 is 1.48 bits per heavy atom. The number of amidine groups is 3. The fraction of sp³-hybridized carbons (Fsp3) is 0. The average molecular weight is 448 g/mol. The quantitative estimate of drug-likeness (QED) is 0.350. The summed E-state index contributed by atoms with van der Waals surface area (Å²) < 4.78 is 0. The highest BCUT2D eigenvalue weighted by atomic mass is 16.2. The highest BCUT2D eigenvalue weighted by Crippen LogP contribution is 2.18. The fourth-order valence-corrected chi connectivity index (χ4v) is 3.14. The maximum atomic E-state index is 12.9. The van der Waals surface area contributed by atoms with E-state index in [0.717, 1.165) is 0 Å². The minimum atomic E-state index is -1.13. The van der Waals surface area contributed by atoms with E-state index in [4.69, 9.17) is 0 Å². The summed E-state index contributed by atoms with van der Waals surface area (Å²) in [6.07, 6.45) is 0. The van der Waals surface area contributed by atoms with Crippen LogP contribution in [0.5, 0.6) is 0 Å². The lowest BCUT2D eigenvalue weighted by Crippen LogP contribution is -2.48. The number of guanidine groups is 1. The first-order chi connectivity index (χ1) is 15.8. The Morgan fingerprint density at radius 3 is 2.30 bits per heavy atom. The first-order valence-electron chi connectivity index (χ1n) is 8.78. The molecule has 18 nitrogen and oxygen atoms in total. The molecule has 0 unspecified atom stereocenters. The van der Waals surface area contributed by atoms with Gasteiger partial charge in [-0.25, -0.2) is 34.3 Å². The molecule has 0 saturated carbocycles. The predicted molar refractivity (Wildman–Crippen MR) is 107 cm³/mol. The minimum absolute atomic E-state index is 0.0688. The van der Waals surface area contributed by atoms with Gasteiger partial charge in [0, 0.05) is 0 Å². The maximum Gasteiger partial charge on any atom is 0.359 e. The summed E-state index contributed by atoms with van der Waals surface area (Å²) in [6.45, 7) is 0. The van der Waals surface area contributed by atoms with Crippen LogP contribution in [0.4, 0.5) is 9.59 Å². The third kappa shape index (κ3) is 2.57. The van der Waals surface area contributed by atoms with Gasteiger partial charge in [-0.05, 0) is 0 Å². The predicted octanol–water partition coefficient (Wildman–Crippen LogP) is -3.04. The largest absolute Gasteiger partial charge is 0.359 e. The second-order valence-corrected chi connectivity index (χ2v) is 6.54. The number of carbonyl (C=O) groups is 4. The summed E-state index contributed by atoms with van der Waals surface area (Å²) in [7, 11) is 0. The van der Waals surface area contributed by atoms with Crippen LogP contribution in [0.3, 0.4) is 0 Å². The molecular weight excluding hydrogens is 444 g/mol. The monoisotopic (exact) mass is 448 g/mol. The van der Waals surface area contributed by atoms with Gasteiger partial charge in [0.25, 0.3) is 17.4 Å². The van der Waals surface area contributed by atoms with Gasteiger partial charge >= 0.3 is 17.8 Å². The van der Waals surface area contributed by atoms with Crippen LogP contribution < -0.4 is 16.6 Å². The number of aromatic amines is 3. The molecular formula is C15H4N12O6. The smallest absolute Gasteiger partial charge is 0.329 e. The van der Waals surface area contributed by atoms with Gasteiger partial charge in [-0.1, -0.05) is 0 Å². The van der Waals surface area contributed by atoms with Gasteiger partial charge in [0.1, 0.15) is 5.52 Å². The number of carbonyl (C=O) groups excluding carboxylic acids is 4. The zero-order chi connectivity index (χ0) is 23.0. The molecule has 6 rings (SSSR count). The molecule has 0 saturated heterocycles. The standard InChI is InChI=1S/C15H4N12O6/c28-9-1-4(22-13(31)25-9)19-7(16-1)8-17-3-6(20-8)24-15(33)27(11(3)30)12-18-2-5(21-12)23-14(32)26-10(2)29/h(H,26,29,32)(H3,16,19,22,25,28,31). The first kappa shape index (κ1) is 18.2. The molecule has 0 radical (unpaired) electrons. The third-order valence-electron chi connectivity index (χ3n) is 4.51. The number of imidazole rings is 1. The van der Waals surface area contributed by atoms with E-state index in [9.17, 15) is 28.8 Å². The van der Waals surface area contributed by atoms with Crippen LogP contribution in [0.15, 0.2) is 39.5 Å². The highest BCUT2D eigenvalue weighted by molar-refractivity contribution is 6.75. The molecule has 0 atom stereocenters. The van der Waals surface area contributed by atoms with Gasteiger partial charge in [0.15, 0.2) is 40.4 Å². The molecule has 0 aliphatic carbocycles. The second-order valence-electron chi connectivity index (χ2n) is 6.54. The minimum Gasteiger partial charge on any atom is -0.329 e. The van der Waals surface area contributed by atoms with Crippen molar-refractivity contribution in [3.05, 3.63) is 26.7 Å². The molecule has 0 aromatic carbocycles. The van der Waals surface area contributed by atoms with Crippen LogP contribution in [0, 0.1) is 0 Å². The fourth-order valence-electron chi connectivity index (χ4n) is 3.14. The van der Waals surface area contributed by atoms with Crippen molar-refractivity contribution >= 4 is 69.9 Å². The number of fused-ring (bicyclic) bond motifs is 3. The van der Waals surface area contributed by atoms with E-state index >= 15 is 0 Å². The van der Waals surface area contributed by atoms with Crippen LogP contribution in [-0.4, -0.2) is 83.6 Å². The second kappa shape index (κ2) is 6.00. The van der Waals surface area contributed by atoms with E-state index in [1.54, 1.807) is 0 Å². The number of urea groups is 2. The van der Waals surface area contributed by atoms with Crippen LogP contribution in [0.25, 0.3) is 11.2 Å². The molecule has 6 amide bonds. The first-order valence-corrected chi connectivity index (χ1v) is 8.78. The highest BCUT2D eigenvalue weighted by Gasteiger charge is 2.43. The molecule has 6 heterocycles. The Morgan fingerprint density at radius 1 is 0.697 bits per heavy atom. The zero-order valence-electron chi connectivity index (χ0n) is 15.5. The average Bonchev–Trinajstić information content (AvgIpc) is 3.44. The van der Waals surface area contributed by atoms with E-state index in [0.29, 0.717) is 4.90 Å². The summed E-state index contributed by atoms with van der Waals surface area (Å²) in [4.78, 5) is 106. The summed E-state index contributed by atoms with van der Waals surface area (Å²) in [6, 6.07) is -2.10. The van der Waals surface area contributed by atoms with Crippen molar-refractivity contribution in [3.63, 3.8) is 0 Å². The van der Waals surface area contributed by atoms with Crippen molar-refractivity contribution < 1.29 is 19.2 Å². The Hall–Kier alpha value is -5.55. The third-order valence-corrected chi connectivity index (χ3v) is 4.51. The van der Waals surface area contributed by atoms with Crippen LogP contribution in [0.1, 0.15) is 5.82 Å². The van der Waals surface area contributed by atoms with Gasteiger partial charge in [-0.3, -0.25) is 29.7 Å². The molecule has 18 heteroatoms. The number of aliphatic imine (C=N–C) groups is 6. The van der Waals surface area contributed by atoms with Gasteiger partial charge in [0.05, 0.1) is 0 Å². The number of nitrogens with zero attached hydrogens (tertiary/aromatic N) is 8. The Labute approximate surface area is 176 Å². The molecule has 2 aromatic rings. The number of aromatic nitrogens is 4. The van der Waals surface area contributed by atoms with Crippen LogP contribution in [-0.2, 0) is 9.59 Å². The summed E-state index contributed by atoms with van der Waals surface area (Å²) in [5.41, 5.74) is -2.38. The SMILES string of the molecule is O=C1N=C2N=C(N3C(=O)N=C4N=C(c5nc6[nH]c(=O)[nH]c(=O)c6[nH]5)N=C4C3=O)N=C2C(=O)N1. The van der Waals surface area contributed by atoms with E-state index in [1.165, 1.54) is 0 Å². The summed E-state index contributed by atoms with van der Waals surface area (Å²) in [5.74, 6) is -3.40. The normalized spacial score (nSPS) is 19.5. The van der Waals surface area contributed by atoms with Crippen molar-refractivity contribution in [2.24, 2.45) is 30.0 Å². The molecule has 0 fully saturated rings. The molecule has 4 aliphatic heterocycles. The van der Waals surface area contributed by atoms with E-state index in [2.05, 4.69) is 44.9 Å².